The molecule has 0 spiro atoms. The van der Waals surface area contributed by atoms with Crippen molar-refractivity contribution in [2.75, 3.05) is 12.4 Å². The van der Waals surface area contributed by atoms with E-state index in [2.05, 4.69) is 24.4 Å². The molecular formula is C16H17Cl2NO. The minimum absolute atomic E-state index is 0.266. The summed E-state index contributed by atoms with van der Waals surface area (Å²) in [4.78, 5) is 0. The largest absolute Gasteiger partial charge is 0.497 e. The molecule has 0 aliphatic carbocycles. The average molecular weight is 310 g/mol. The second-order valence-electron chi connectivity index (χ2n) is 4.72. The van der Waals surface area contributed by atoms with Crippen LogP contribution in [0.5, 0.6) is 5.75 Å². The zero-order valence-corrected chi connectivity index (χ0v) is 13.0. The van der Waals surface area contributed by atoms with E-state index in [-0.39, 0.29) is 6.04 Å². The van der Waals surface area contributed by atoms with Gasteiger partial charge < -0.3 is 10.1 Å². The van der Waals surface area contributed by atoms with Crippen LogP contribution >= 0.6 is 23.2 Å². The van der Waals surface area contributed by atoms with E-state index in [4.69, 9.17) is 27.9 Å². The summed E-state index contributed by atoms with van der Waals surface area (Å²) in [6.45, 7) is 2.12. The average Bonchev–Trinajstić information content (AvgIpc) is 2.43. The fraction of sp³-hybridized carbons (Fsp3) is 0.250. The Kier molecular flexibility index (Phi) is 5.16. The molecule has 20 heavy (non-hydrogen) atoms. The molecule has 0 amide bonds. The van der Waals surface area contributed by atoms with Crippen LogP contribution in [0.2, 0.25) is 10.0 Å². The molecule has 106 valence electrons. The van der Waals surface area contributed by atoms with Gasteiger partial charge in [0.1, 0.15) is 5.75 Å². The van der Waals surface area contributed by atoms with E-state index in [0.717, 1.165) is 17.9 Å². The highest BCUT2D eigenvalue weighted by Crippen LogP contribution is 2.26. The highest BCUT2D eigenvalue weighted by Gasteiger charge is 2.07. The first kappa shape index (κ1) is 15.0. The molecule has 0 fully saturated rings. The molecule has 0 radical (unpaired) electrons. The summed E-state index contributed by atoms with van der Waals surface area (Å²) in [5.74, 6) is 0.870. The lowest BCUT2D eigenvalue weighted by Crippen LogP contribution is -2.18. The van der Waals surface area contributed by atoms with Crippen molar-refractivity contribution >= 4 is 28.9 Å². The van der Waals surface area contributed by atoms with Crippen LogP contribution in [0.25, 0.3) is 0 Å². The van der Waals surface area contributed by atoms with Crippen LogP contribution in [0.3, 0.4) is 0 Å². The lowest BCUT2D eigenvalue weighted by molar-refractivity contribution is 0.414. The predicted octanol–water partition coefficient (Wildman–Crippen LogP) is 5.05. The highest BCUT2D eigenvalue weighted by molar-refractivity contribution is 6.36. The summed E-state index contributed by atoms with van der Waals surface area (Å²) in [6, 6.07) is 13.8. The lowest BCUT2D eigenvalue weighted by atomic mass is 10.1. The number of nitrogens with one attached hydrogen (secondary N) is 1. The lowest BCUT2D eigenvalue weighted by Gasteiger charge is -2.16. The van der Waals surface area contributed by atoms with Gasteiger partial charge in [-0.2, -0.15) is 0 Å². The number of rotatable bonds is 5. The van der Waals surface area contributed by atoms with E-state index in [1.807, 2.05) is 24.3 Å². The smallest absolute Gasteiger partial charge is 0.118 e. The molecule has 0 aliphatic heterocycles. The van der Waals surface area contributed by atoms with Gasteiger partial charge in [-0.25, -0.2) is 0 Å². The van der Waals surface area contributed by atoms with Gasteiger partial charge in [-0.05, 0) is 49.2 Å². The first-order valence-electron chi connectivity index (χ1n) is 6.43. The van der Waals surface area contributed by atoms with Gasteiger partial charge >= 0.3 is 0 Å². The number of hydrogen-bond acceptors (Lipinski definition) is 2. The van der Waals surface area contributed by atoms with Crippen LogP contribution in [0.4, 0.5) is 5.69 Å². The third kappa shape index (κ3) is 4.06. The summed E-state index contributed by atoms with van der Waals surface area (Å²) in [6.07, 6.45) is 0.906. The Balaban J connectivity index is 1.99. The molecule has 2 nitrogen and oxygen atoms in total. The van der Waals surface area contributed by atoms with E-state index >= 15 is 0 Å². The number of methoxy groups -OCH3 is 1. The molecule has 0 saturated carbocycles. The molecule has 1 N–H and O–H groups in total. The van der Waals surface area contributed by atoms with Crippen LogP contribution in [-0.4, -0.2) is 13.2 Å². The molecule has 2 rings (SSSR count). The van der Waals surface area contributed by atoms with Gasteiger partial charge in [0.05, 0.1) is 17.8 Å². The third-order valence-corrected chi connectivity index (χ3v) is 3.58. The standard InChI is InChI=1S/C16H17Cl2NO/c1-11(9-12-3-6-14(20-2)7-4-12)19-16-8-5-13(17)10-15(16)18/h3-8,10-11,19H,9H2,1-2H3. The van der Waals surface area contributed by atoms with Crippen LogP contribution < -0.4 is 10.1 Å². The van der Waals surface area contributed by atoms with Gasteiger partial charge in [0.25, 0.3) is 0 Å². The SMILES string of the molecule is COc1ccc(CC(C)Nc2ccc(Cl)cc2Cl)cc1. The first-order valence-corrected chi connectivity index (χ1v) is 7.18. The molecule has 0 saturated heterocycles. The maximum atomic E-state index is 6.15. The summed E-state index contributed by atoms with van der Waals surface area (Å²) < 4.78 is 5.15. The Morgan fingerprint density at radius 3 is 2.40 bits per heavy atom. The number of benzene rings is 2. The molecule has 0 aromatic heterocycles. The van der Waals surface area contributed by atoms with Gasteiger partial charge in [-0.15, -0.1) is 0 Å². The van der Waals surface area contributed by atoms with Gasteiger partial charge in [0, 0.05) is 11.1 Å². The van der Waals surface area contributed by atoms with E-state index in [1.165, 1.54) is 5.56 Å². The molecule has 4 heteroatoms. The molecule has 2 aromatic carbocycles. The van der Waals surface area contributed by atoms with Crippen molar-refractivity contribution in [3.05, 3.63) is 58.1 Å². The Hall–Kier alpha value is -1.38. The Bertz CT molecular complexity index is 569. The van der Waals surface area contributed by atoms with Crippen LogP contribution in [0.1, 0.15) is 12.5 Å². The topological polar surface area (TPSA) is 21.3 Å². The quantitative estimate of drug-likeness (QED) is 0.835. The molecule has 1 unspecified atom stereocenters. The summed E-state index contributed by atoms with van der Waals surface area (Å²) >= 11 is 12.0. The van der Waals surface area contributed by atoms with E-state index in [1.54, 1.807) is 13.2 Å². The van der Waals surface area contributed by atoms with Crippen LogP contribution in [0.15, 0.2) is 42.5 Å². The third-order valence-electron chi connectivity index (χ3n) is 3.03. The predicted molar refractivity (Wildman–Crippen MR) is 86.2 cm³/mol. The van der Waals surface area contributed by atoms with Gasteiger partial charge in [0.15, 0.2) is 0 Å². The summed E-state index contributed by atoms with van der Waals surface area (Å²) in [7, 11) is 1.67. The van der Waals surface area contributed by atoms with Crippen molar-refractivity contribution < 1.29 is 4.74 Å². The van der Waals surface area contributed by atoms with Gasteiger partial charge in [-0.3, -0.25) is 0 Å². The number of halogens is 2. The molecule has 1 atom stereocenters. The van der Waals surface area contributed by atoms with Crippen LogP contribution in [-0.2, 0) is 6.42 Å². The fourth-order valence-corrected chi connectivity index (χ4v) is 2.50. The molecule has 2 aromatic rings. The number of ether oxygens (including phenoxy) is 1. The minimum Gasteiger partial charge on any atom is -0.497 e. The molecular weight excluding hydrogens is 293 g/mol. The highest BCUT2D eigenvalue weighted by atomic mass is 35.5. The number of anilines is 1. The first-order chi connectivity index (χ1) is 9.58. The van der Waals surface area contributed by atoms with Crippen molar-refractivity contribution in [3.8, 4) is 5.75 Å². The fourth-order valence-electron chi connectivity index (χ4n) is 2.04. The molecule has 0 aliphatic rings. The van der Waals surface area contributed by atoms with Crippen LogP contribution in [0, 0.1) is 0 Å². The zero-order valence-electron chi connectivity index (χ0n) is 11.5. The molecule has 0 bridgehead atoms. The minimum atomic E-state index is 0.266. The maximum Gasteiger partial charge on any atom is 0.118 e. The Morgan fingerprint density at radius 1 is 1.10 bits per heavy atom. The van der Waals surface area contributed by atoms with Gasteiger partial charge in [-0.1, -0.05) is 35.3 Å². The number of hydrogen-bond donors (Lipinski definition) is 1. The van der Waals surface area contributed by atoms with E-state index in [9.17, 15) is 0 Å². The van der Waals surface area contributed by atoms with Crippen molar-refractivity contribution in [3.63, 3.8) is 0 Å². The van der Waals surface area contributed by atoms with Crippen molar-refractivity contribution in [2.24, 2.45) is 0 Å². The Labute approximate surface area is 129 Å². The van der Waals surface area contributed by atoms with E-state index < -0.39 is 0 Å². The normalized spacial score (nSPS) is 12.0. The maximum absolute atomic E-state index is 6.15. The van der Waals surface area contributed by atoms with Crippen molar-refractivity contribution in [1.29, 1.82) is 0 Å². The van der Waals surface area contributed by atoms with Crippen molar-refractivity contribution in [2.45, 2.75) is 19.4 Å². The Morgan fingerprint density at radius 2 is 1.80 bits per heavy atom. The summed E-state index contributed by atoms with van der Waals surface area (Å²) in [5.41, 5.74) is 2.15. The molecule has 0 heterocycles. The second kappa shape index (κ2) is 6.87. The zero-order chi connectivity index (χ0) is 14.5. The summed E-state index contributed by atoms with van der Waals surface area (Å²) in [5, 5.41) is 4.67. The van der Waals surface area contributed by atoms with E-state index in [0.29, 0.717) is 10.0 Å². The second-order valence-corrected chi connectivity index (χ2v) is 5.57. The van der Waals surface area contributed by atoms with Gasteiger partial charge in [0.2, 0.25) is 0 Å². The monoisotopic (exact) mass is 309 g/mol. The van der Waals surface area contributed by atoms with Crippen molar-refractivity contribution in [1.82, 2.24) is 0 Å².